The molecule has 2 heterocycles. The van der Waals surface area contributed by atoms with E-state index in [1.54, 1.807) is 6.20 Å². The van der Waals surface area contributed by atoms with Gasteiger partial charge in [-0.2, -0.15) is 4.31 Å². The minimum atomic E-state index is -3.13. The van der Waals surface area contributed by atoms with Crippen LogP contribution in [-0.4, -0.2) is 57.3 Å². The quantitative estimate of drug-likeness (QED) is 0.809. The predicted molar refractivity (Wildman–Crippen MR) is 74.0 cm³/mol. The van der Waals surface area contributed by atoms with Gasteiger partial charge in [0.25, 0.3) is 0 Å². The lowest BCUT2D eigenvalue weighted by atomic mass is 10.3. The molecule has 0 saturated carbocycles. The Kier molecular flexibility index (Phi) is 3.96. The molecule has 106 valence electrons. The Labute approximate surface area is 114 Å². The molecule has 2 rings (SSSR count). The molecule has 1 aliphatic heterocycles. The van der Waals surface area contributed by atoms with E-state index in [0.717, 1.165) is 5.82 Å². The van der Waals surface area contributed by atoms with Crippen LogP contribution >= 0.6 is 0 Å². The third-order valence-electron chi connectivity index (χ3n) is 3.04. The highest BCUT2D eigenvalue weighted by Gasteiger charge is 2.30. The molecule has 19 heavy (non-hydrogen) atoms. The number of nitrogens with zero attached hydrogens (tertiary/aromatic N) is 3. The molecule has 6 nitrogen and oxygen atoms in total. The van der Waals surface area contributed by atoms with E-state index in [-0.39, 0.29) is 6.10 Å². The van der Waals surface area contributed by atoms with Crippen molar-refractivity contribution < 1.29 is 13.2 Å². The smallest absolute Gasteiger partial charge is 0.211 e. The molecule has 0 N–H and O–H groups in total. The van der Waals surface area contributed by atoms with Gasteiger partial charge in [0.05, 0.1) is 12.8 Å². The van der Waals surface area contributed by atoms with E-state index in [9.17, 15) is 8.42 Å². The first kappa shape index (κ1) is 14.1. The van der Waals surface area contributed by atoms with Crippen molar-refractivity contribution in [1.29, 1.82) is 0 Å². The fourth-order valence-electron chi connectivity index (χ4n) is 2.08. The van der Waals surface area contributed by atoms with Crippen molar-refractivity contribution >= 4 is 15.8 Å². The summed E-state index contributed by atoms with van der Waals surface area (Å²) in [6.07, 6.45) is 3.52. The van der Waals surface area contributed by atoms with Crippen LogP contribution in [0.2, 0.25) is 0 Å². The largest absolute Gasteiger partial charge is 0.485 e. The molecule has 1 aliphatic rings. The van der Waals surface area contributed by atoms with Gasteiger partial charge in [0, 0.05) is 26.8 Å². The van der Waals surface area contributed by atoms with Gasteiger partial charge in [0.2, 0.25) is 10.0 Å². The minimum Gasteiger partial charge on any atom is -0.485 e. The van der Waals surface area contributed by atoms with Gasteiger partial charge in [0.15, 0.2) is 11.6 Å². The van der Waals surface area contributed by atoms with Gasteiger partial charge < -0.3 is 9.64 Å². The normalized spacial score (nSPS) is 20.5. The summed E-state index contributed by atoms with van der Waals surface area (Å²) in [5, 5.41) is 0. The average Bonchev–Trinajstić information content (AvgIpc) is 2.77. The second-order valence-corrected chi connectivity index (χ2v) is 6.85. The number of aromatic nitrogens is 1. The highest BCUT2D eigenvalue weighted by Crippen LogP contribution is 2.27. The first-order chi connectivity index (χ1) is 8.88. The van der Waals surface area contributed by atoms with E-state index in [1.165, 1.54) is 10.6 Å². The van der Waals surface area contributed by atoms with Crippen molar-refractivity contribution in [2.24, 2.45) is 0 Å². The van der Waals surface area contributed by atoms with E-state index < -0.39 is 10.0 Å². The average molecular weight is 285 g/mol. The SMILES string of the molecule is CN(C)c1ncccc1O[C@H]1CCN(S(C)(=O)=O)C1. The molecule has 1 fully saturated rings. The van der Waals surface area contributed by atoms with Crippen LogP contribution in [0.3, 0.4) is 0 Å². The molecule has 0 amide bonds. The van der Waals surface area contributed by atoms with Crippen LogP contribution in [0.15, 0.2) is 18.3 Å². The summed E-state index contributed by atoms with van der Waals surface area (Å²) >= 11 is 0. The maximum atomic E-state index is 11.5. The van der Waals surface area contributed by atoms with Crippen LogP contribution in [0.1, 0.15) is 6.42 Å². The highest BCUT2D eigenvalue weighted by atomic mass is 32.2. The van der Waals surface area contributed by atoms with Crippen molar-refractivity contribution in [1.82, 2.24) is 9.29 Å². The summed E-state index contributed by atoms with van der Waals surface area (Å²) in [7, 11) is 0.664. The van der Waals surface area contributed by atoms with Crippen molar-refractivity contribution in [3.05, 3.63) is 18.3 Å². The fourth-order valence-corrected chi connectivity index (χ4v) is 2.96. The molecule has 0 unspecified atom stereocenters. The third-order valence-corrected chi connectivity index (χ3v) is 4.31. The number of pyridine rings is 1. The van der Waals surface area contributed by atoms with Crippen molar-refractivity contribution in [2.75, 3.05) is 38.3 Å². The molecule has 0 spiro atoms. The van der Waals surface area contributed by atoms with Crippen molar-refractivity contribution in [3.63, 3.8) is 0 Å². The van der Waals surface area contributed by atoms with Crippen LogP contribution in [-0.2, 0) is 10.0 Å². The van der Waals surface area contributed by atoms with Gasteiger partial charge in [0.1, 0.15) is 6.10 Å². The van der Waals surface area contributed by atoms with E-state index in [2.05, 4.69) is 4.98 Å². The maximum Gasteiger partial charge on any atom is 0.211 e. The number of rotatable bonds is 4. The first-order valence-corrected chi connectivity index (χ1v) is 7.97. The van der Waals surface area contributed by atoms with Gasteiger partial charge in [-0.3, -0.25) is 0 Å². The van der Waals surface area contributed by atoms with Crippen molar-refractivity contribution in [2.45, 2.75) is 12.5 Å². The van der Waals surface area contributed by atoms with Crippen LogP contribution in [0.25, 0.3) is 0 Å². The Morgan fingerprint density at radius 3 is 2.79 bits per heavy atom. The van der Waals surface area contributed by atoms with E-state index in [4.69, 9.17) is 4.74 Å². The van der Waals surface area contributed by atoms with Crippen LogP contribution < -0.4 is 9.64 Å². The molecule has 0 bridgehead atoms. The molecular weight excluding hydrogens is 266 g/mol. The summed E-state index contributed by atoms with van der Waals surface area (Å²) in [5.41, 5.74) is 0. The molecule has 1 aromatic heterocycles. The summed E-state index contributed by atoms with van der Waals surface area (Å²) in [4.78, 5) is 6.13. The molecular formula is C12H19N3O3S. The Morgan fingerprint density at radius 2 is 2.21 bits per heavy atom. The maximum absolute atomic E-state index is 11.5. The Balaban J connectivity index is 2.08. The lowest BCUT2D eigenvalue weighted by Gasteiger charge is -2.19. The second kappa shape index (κ2) is 5.34. The number of hydrogen-bond acceptors (Lipinski definition) is 5. The van der Waals surface area contributed by atoms with Crippen LogP contribution in [0.5, 0.6) is 5.75 Å². The van der Waals surface area contributed by atoms with Gasteiger partial charge >= 0.3 is 0 Å². The van der Waals surface area contributed by atoms with E-state index in [0.29, 0.717) is 25.3 Å². The minimum absolute atomic E-state index is 0.113. The highest BCUT2D eigenvalue weighted by molar-refractivity contribution is 7.88. The second-order valence-electron chi connectivity index (χ2n) is 4.87. The Hall–Kier alpha value is -1.34. The van der Waals surface area contributed by atoms with Crippen LogP contribution in [0.4, 0.5) is 5.82 Å². The van der Waals surface area contributed by atoms with E-state index in [1.807, 2.05) is 31.1 Å². The first-order valence-electron chi connectivity index (χ1n) is 6.12. The molecule has 7 heteroatoms. The topological polar surface area (TPSA) is 62.7 Å². The fraction of sp³-hybridized carbons (Fsp3) is 0.583. The summed E-state index contributed by atoms with van der Waals surface area (Å²) in [6, 6.07) is 3.66. The Bertz CT molecular complexity index is 545. The van der Waals surface area contributed by atoms with E-state index >= 15 is 0 Å². The molecule has 0 radical (unpaired) electrons. The zero-order valence-corrected chi connectivity index (χ0v) is 12.2. The van der Waals surface area contributed by atoms with Gasteiger partial charge in [-0.1, -0.05) is 0 Å². The molecule has 0 aliphatic carbocycles. The van der Waals surface area contributed by atoms with Gasteiger partial charge in [-0.25, -0.2) is 13.4 Å². The van der Waals surface area contributed by atoms with Crippen molar-refractivity contribution in [3.8, 4) is 5.75 Å². The number of sulfonamides is 1. The molecule has 0 aromatic carbocycles. The van der Waals surface area contributed by atoms with Gasteiger partial charge in [-0.05, 0) is 18.6 Å². The lowest BCUT2D eigenvalue weighted by Crippen LogP contribution is -2.30. The number of ether oxygens (including phenoxy) is 1. The summed E-state index contributed by atoms with van der Waals surface area (Å²) in [5.74, 6) is 1.44. The van der Waals surface area contributed by atoms with Crippen LogP contribution in [0, 0.1) is 0 Å². The zero-order valence-electron chi connectivity index (χ0n) is 11.4. The monoisotopic (exact) mass is 285 g/mol. The Morgan fingerprint density at radius 1 is 1.47 bits per heavy atom. The summed E-state index contributed by atoms with van der Waals surface area (Å²) in [6.45, 7) is 0.918. The lowest BCUT2D eigenvalue weighted by molar-refractivity contribution is 0.215. The molecule has 1 aromatic rings. The zero-order chi connectivity index (χ0) is 14.0. The predicted octanol–water partition coefficient (Wildman–Crippen LogP) is 0.560. The third kappa shape index (κ3) is 3.36. The summed E-state index contributed by atoms with van der Waals surface area (Å²) < 4.78 is 30.2. The van der Waals surface area contributed by atoms with Gasteiger partial charge in [-0.15, -0.1) is 0 Å². The number of hydrogen-bond donors (Lipinski definition) is 0. The molecule has 1 atom stereocenters. The molecule has 1 saturated heterocycles. The number of anilines is 1. The standard InChI is InChI=1S/C12H19N3O3S/c1-14(2)12-11(5-4-7-13-12)18-10-6-8-15(9-10)19(3,16)17/h4-5,7,10H,6,8-9H2,1-3H3/t10-/m0/s1.